The first-order valence-electron chi connectivity index (χ1n) is 6.86. The summed E-state index contributed by atoms with van der Waals surface area (Å²) in [5.74, 6) is -1.24. The summed E-state index contributed by atoms with van der Waals surface area (Å²) < 4.78 is 26.3. The fraction of sp³-hybridized carbons (Fsp3) is 0.533. The van der Waals surface area contributed by atoms with E-state index in [1.165, 1.54) is 0 Å². The first-order chi connectivity index (χ1) is 9.59. The molecule has 0 aliphatic heterocycles. The average molecular weight is 313 g/mol. The number of hydrogen-bond acceptors (Lipinski definition) is 3. The first kappa shape index (κ1) is 17.7. The molecule has 0 spiro atoms. The molecule has 0 heterocycles. The van der Waals surface area contributed by atoms with Gasteiger partial charge in [0, 0.05) is 0 Å². The topological polar surface area (TPSA) is 83.5 Å². The van der Waals surface area contributed by atoms with Crippen LogP contribution in [0.1, 0.15) is 32.8 Å². The molecular formula is C15H23NO4S. The van der Waals surface area contributed by atoms with Crippen molar-refractivity contribution in [3.63, 3.8) is 0 Å². The zero-order chi connectivity index (χ0) is 16.1. The second kappa shape index (κ2) is 7.04. The van der Waals surface area contributed by atoms with Crippen LogP contribution in [0.4, 0.5) is 0 Å². The Morgan fingerprint density at radius 2 is 1.81 bits per heavy atom. The summed E-state index contributed by atoms with van der Waals surface area (Å²) in [6.45, 7) is 5.84. The molecular weight excluding hydrogens is 290 g/mol. The Hall–Kier alpha value is -1.40. The number of hydrogen-bond donors (Lipinski definition) is 2. The van der Waals surface area contributed by atoms with Crippen molar-refractivity contribution in [1.82, 2.24) is 4.72 Å². The molecule has 118 valence electrons. The van der Waals surface area contributed by atoms with Crippen molar-refractivity contribution in [2.75, 3.05) is 5.75 Å². The molecule has 0 bridgehead atoms. The van der Waals surface area contributed by atoms with E-state index in [1.54, 1.807) is 24.3 Å². The van der Waals surface area contributed by atoms with Crippen LogP contribution in [0.3, 0.4) is 0 Å². The lowest BCUT2D eigenvalue weighted by Gasteiger charge is -2.19. The maximum absolute atomic E-state index is 12.0. The molecule has 0 fully saturated rings. The molecule has 0 aliphatic carbocycles. The maximum Gasteiger partial charge on any atom is 0.322 e. The highest BCUT2D eigenvalue weighted by Gasteiger charge is 2.25. The second-order valence-corrected chi connectivity index (χ2v) is 8.20. The predicted molar refractivity (Wildman–Crippen MR) is 82.6 cm³/mol. The number of rotatable bonds is 7. The van der Waals surface area contributed by atoms with Crippen molar-refractivity contribution < 1.29 is 18.3 Å². The molecule has 2 N–H and O–H groups in total. The highest BCUT2D eigenvalue weighted by molar-refractivity contribution is 7.89. The number of nitrogens with one attached hydrogen (secondary N) is 1. The van der Waals surface area contributed by atoms with E-state index in [-0.39, 0.29) is 17.6 Å². The van der Waals surface area contributed by atoms with Crippen LogP contribution >= 0.6 is 0 Å². The SMILES string of the molecule is CC(C)(C)CCS(=O)(=O)N[C@H](Cc1ccccc1)C(=O)O. The van der Waals surface area contributed by atoms with E-state index in [0.29, 0.717) is 6.42 Å². The Morgan fingerprint density at radius 1 is 1.24 bits per heavy atom. The fourth-order valence-electron chi connectivity index (χ4n) is 1.75. The lowest BCUT2D eigenvalue weighted by Crippen LogP contribution is -2.43. The van der Waals surface area contributed by atoms with Crippen LogP contribution in [-0.4, -0.2) is 31.3 Å². The average Bonchev–Trinajstić information content (AvgIpc) is 2.36. The van der Waals surface area contributed by atoms with Gasteiger partial charge in [0.2, 0.25) is 10.0 Å². The Balaban J connectivity index is 2.72. The van der Waals surface area contributed by atoms with Gasteiger partial charge in [-0.2, -0.15) is 0 Å². The molecule has 1 aromatic carbocycles. The smallest absolute Gasteiger partial charge is 0.322 e. The number of carboxylic acids is 1. The van der Waals surface area contributed by atoms with Crippen LogP contribution in [-0.2, 0) is 21.2 Å². The zero-order valence-electron chi connectivity index (χ0n) is 12.7. The number of sulfonamides is 1. The predicted octanol–water partition coefficient (Wildman–Crippen LogP) is 2.04. The van der Waals surface area contributed by atoms with Gasteiger partial charge in [0.25, 0.3) is 0 Å². The molecule has 1 aromatic rings. The summed E-state index contributed by atoms with van der Waals surface area (Å²) in [4.78, 5) is 11.3. The lowest BCUT2D eigenvalue weighted by molar-refractivity contribution is -0.138. The van der Waals surface area contributed by atoms with Crippen LogP contribution in [0.15, 0.2) is 30.3 Å². The van der Waals surface area contributed by atoms with Gasteiger partial charge in [0.05, 0.1) is 5.75 Å². The Kier molecular flexibility index (Phi) is 5.92. The summed E-state index contributed by atoms with van der Waals surface area (Å²) >= 11 is 0. The van der Waals surface area contributed by atoms with E-state index < -0.39 is 22.0 Å². The first-order valence-corrected chi connectivity index (χ1v) is 8.51. The molecule has 0 unspecified atom stereocenters. The monoisotopic (exact) mass is 313 g/mol. The van der Waals surface area contributed by atoms with E-state index in [0.717, 1.165) is 5.56 Å². The third-order valence-electron chi connectivity index (χ3n) is 3.02. The van der Waals surface area contributed by atoms with Gasteiger partial charge >= 0.3 is 5.97 Å². The van der Waals surface area contributed by atoms with Crippen LogP contribution in [0.2, 0.25) is 0 Å². The van der Waals surface area contributed by atoms with E-state index in [4.69, 9.17) is 0 Å². The minimum Gasteiger partial charge on any atom is -0.480 e. The van der Waals surface area contributed by atoms with Gasteiger partial charge in [0.15, 0.2) is 0 Å². The van der Waals surface area contributed by atoms with Crippen molar-refractivity contribution in [2.45, 2.75) is 39.7 Å². The van der Waals surface area contributed by atoms with Gasteiger partial charge in [-0.25, -0.2) is 13.1 Å². The Labute approximate surface area is 126 Å². The molecule has 1 atom stereocenters. The van der Waals surface area contributed by atoms with E-state index in [9.17, 15) is 18.3 Å². The van der Waals surface area contributed by atoms with Gasteiger partial charge < -0.3 is 5.11 Å². The normalized spacial score (nSPS) is 13.9. The molecule has 1 rings (SSSR count). The molecule has 0 aromatic heterocycles. The van der Waals surface area contributed by atoms with E-state index in [2.05, 4.69) is 4.72 Å². The minimum absolute atomic E-state index is 0.0743. The number of benzene rings is 1. The van der Waals surface area contributed by atoms with Gasteiger partial charge in [-0.05, 0) is 23.8 Å². The number of aliphatic carboxylic acids is 1. The minimum atomic E-state index is -3.61. The number of carbonyl (C=O) groups is 1. The maximum atomic E-state index is 12.0. The van der Waals surface area contributed by atoms with Crippen molar-refractivity contribution in [3.05, 3.63) is 35.9 Å². The molecule has 0 radical (unpaired) electrons. The van der Waals surface area contributed by atoms with Crippen molar-refractivity contribution in [3.8, 4) is 0 Å². The van der Waals surface area contributed by atoms with Gasteiger partial charge in [-0.15, -0.1) is 0 Å². The summed E-state index contributed by atoms with van der Waals surface area (Å²) in [5.41, 5.74) is 0.663. The largest absolute Gasteiger partial charge is 0.480 e. The van der Waals surface area contributed by atoms with Crippen LogP contribution in [0.25, 0.3) is 0 Å². The van der Waals surface area contributed by atoms with Crippen molar-refractivity contribution in [1.29, 1.82) is 0 Å². The molecule has 5 nitrogen and oxygen atoms in total. The van der Waals surface area contributed by atoms with Crippen LogP contribution in [0.5, 0.6) is 0 Å². The van der Waals surface area contributed by atoms with Crippen LogP contribution < -0.4 is 4.72 Å². The standard InChI is InChI=1S/C15H23NO4S/c1-15(2,3)9-10-21(19,20)16-13(14(17)18)11-12-7-5-4-6-8-12/h4-8,13,16H,9-11H2,1-3H3,(H,17,18)/t13-/m1/s1. The summed E-state index contributed by atoms with van der Waals surface area (Å²) in [6.07, 6.45) is 0.602. The summed E-state index contributed by atoms with van der Waals surface area (Å²) in [5, 5.41) is 9.20. The third-order valence-corrected chi connectivity index (χ3v) is 4.41. The van der Waals surface area contributed by atoms with E-state index >= 15 is 0 Å². The number of carboxylic acid groups (broad SMARTS) is 1. The highest BCUT2D eigenvalue weighted by atomic mass is 32.2. The Morgan fingerprint density at radius 3 is 2.29 bits per heavy atom. The molecule has 0 amide bonds. The Bertz CT molecular complexity index is 561. The quantitative estimate of drug-likeness (QED) is 0.807. The second-order valence-electron chi connectivity index (χ2n) is 6.33. The molecule has 6 heteroatoms. The van der Waals surface area contributed by atoms with Gasteiger partial charge in [-0.3, -0.25) is 4.79 Å². The third kappa shape index (κ3) is 7.24. The van der Waals surface area contributed by atoms with Crippen molar-refractivity contribution >= 4 is 16.0 Å². The fourth-order valence-corrected chi connectivity index (χ4v) is 3.36. The van der Waals surface area contributed by atoms with Crippen molar-refractivity contribution in [2.24, 2.45) is 5.41 Å². The molecule has 21 heavy (non-hydrogen) atoms. The van der Waals surface area contributed by atoms with Gasteiger partial charge in [0.1, 0.15) is 6.04 Å². The summed E-state index contributed by atoms with van der Waals surface area (Å²) in [6, 6.07) is 7.83. The highest BCUT2D eigenvalue weighted by Crippen LogP contribution is 2.19. The lowest BCUT2D eigenvalue weighted by atomic mass is 9.94. The molecule has 0 aliphatic rings. The van der Waals surface area contributed by atoms with E-state index in [1.807, 2.05) is 26.8 Å². The van der Waals surface area contributed by atoms with Crippen LogP contribution in [0, 0.1) is 5.41 Å². The zero-order valence-corrected chi connectivity index (χ0v) is 13.5. The molecule has 0 saturated heterocycles. The van der Waals surface area contributed by atoms with Gasteiger partial charge in [-0.1, -0.05) is 51.1 Å². The molecule has 0 saturated carbocycles. The summed E-state index contributed by atoms with van der Waals surface area (Å²) in [7, 11) is -3.61.